The van der Waals surface area contributed by atoms with Gasteiger partial charge < -0.3 is 5.32 Å². The average Bonchev–Trinajstić information content (AvgIpc) is 2.56. The van der Waals surface area contributed by atoms with Crippen LogP contribution in [0, 0.1) is 0 Å². The molecular weight excluding hydrogens is 224 g/mol. The van der Waals surface area contributed by atoms with Crippen LogP contribution in [0.15, 0.2) is 12.2 Å². The van der Waals surface area contributed by atoms with Crippen molar-refractivity contribution in [1.82, 2.24) is 10.2 Å². The molecule has 0 spiro atoms. The Hall–Kier alpha value is -1.98. The number of hydrogen-bond donors (Lipinski definition) is 1. The fraction of sp³-hybridized carbons (Fsp3) is 0.455. The van der Waals surface area contributed by atoms with E-state index in [9.17, 15) is 19.2 Å². The van der Waals surface area contributed by atoms with E-state index in [-0.39, 0.29) is 24.7 Å². The molecule has 1 aliphatic rings. The summed E-state index contributed by atoms with van der Waals surface area (Å²) in [5, 5.41) is 2.56. The highest BCUT2D eigenvalue weighted by Crippen LogP contribution is 2.04. The zero-order valence-corrected chi connectivity index (χ0v) is 9.56. The van der Waals surface area contributed by atoms with Crippen LogP contribution in [0.2, 0.25) is 0 Å². The number of nitrogens with zero attached hydrogens (tertiary/aromatic N) is 1. The lowest BCUT2D eigenvalue weighted by Crippen LogP contribution is -2.35. The molecule has 1 rings (SSSR count). The van der Waals surface area contributed by atoms with Crippen LogP contribution >= 0.6 is 0 Å². The van der Waals surface area contributed by atoms with E-state index in [0.717, 1.165) is 17.1 Å². The van der Waals surface area contributed by atoms with Crippen LogP contribution in [-0.4, -0.2) is 41.5 Å². The van der Waals surface area contributed by atoms with Gasteiger partial charge in [-0.25, -0.2) is 0 Å². The zero-order valence-electron chi connectivity index (χ0n) is 9.56. The van der Waals surface area contributed by atoms with Crippen LogP contribution in [0.3, 0.4) is 0 Å². The molecule has 1 heterocycles. The van der Waals surface area contributed by atoms with Gasteiger partial charge in [-0.3, -0.25) is 24.1 Å². The van der Waals surface area contributed by atoms with Gasteiger partial charge in [-0.05, 0) is 6.42 Å². The van der Waals surface area contributed by atoms with Crippen molar-refractivity contribution in [2.45, 2.75) is 19.8 Å². The first-order chi connectivity index (χ1) is 8.00. The minimum Gasteiger partial charge on any atom is -0.356 e. The molecule has 0 atom stereocenters. The molecule has 0 fully saturated rings. The standard InChI is InChI=1S/C11H14N2O4/c1-8(14)12-6-2-3-9(15)7-13-10(16)4-5-11(13)17/h4-5H,2-3,6-7H2,1H3,(H,12,14). The van der Waals surface area contributed by atoms with Gasteiger partial charge in [-0.1, -0.05) is 0 Å². The van der Waals surface area contributed by atoms with E-state index in [2.05, 4.69) is 5.32 Å². The van der Waals surface area contributed by atoms with Gasteiger partial charge in [0.25, 0.3) is 11.8 Å². The van der Waals surface area contributed by atoms with Crippen molar-refractivity contribution >= 4 is 23.5 Å². The molecule has 0 aromatic carbocycles. The molecule has 17 heavy (non-hydrogen) atoms. The van der Waals surface area contributed by atoms with Crippen molar-refractivity contribution < 1.29 is 19.2 Å². The third kappa shape index (κ3) is 4.18. The molecule has 0 aliphatic carbocycles. The van der Waals surface area contributed by atoms with Gasteiger partial charge in [0.15, 0.2) is 5.78 Å². The summed E-state index contributed by atoms with van der Waals surface area (Å²) in [6.45, 7) is 1.63. The maximum atomic E-state index is 11.4. The number of amides is 3. The largest absolute Gasteiger partial charge is 0.356 e. The summed E-state index contributed by atoms with van der Waals surface area (Å²) < 4.78 is 0. The number of ketones is 1. The number of carbonyl (C=O) groups excluding carboxylic acids is 4. The Morgan fingerprint density at radius 1 is 1.24 bits per heavy atom. The summed E-state index contributed by atoms with van der Waals surface area (Å²) in [5.74, 6) is -1.25. The van der Waals surface area contributed by atoms with Crippen LogP contribution < -0.4 is 5.32 Å². The molecule has 6 heteroatoms. The number of rotatable bonds is 6. The number of nitrogens with one attached hydrogen (secondary N) is 1. The minimum atomic E-state index is -0.454. The Balaban J connectivity index is 2.24. The van der Waals surface area contributed by atoms with Crippen molar-refractivity contribution in [2.24, 2.45) is 0 Å². The van der Waals surface area contributed by atoms with Crippen LogP contribution in [0.1, 0.15) is 19.8 Å². The fourth-order valence-corrected chi connectivity index (χ4v) is 1.39. The van der Waals surface area contributed by atoms with Crippen LogP contribution in [0.25, 0.3) is 0 Å². The van der Waals surface area contributed by atoms with Gasteiger partial charge >= 0.3 is 0 Å². The highest BCUT2D eigenvalue weighted by atomic mass is 16.2. The SMILES string of the molecule is CC(=O)NCCCC(=O)CN1C(=O)C=CC1=O. The van der Waals surface area contributed by atoms with Crippen molar-refractivity contribution in [3.8, 4) is 0 Å². The predicted molar refractivity (Wildman–Crippen MR) is 58.8 cm³/mol. The third-order valence-electron chi connectivity index (χ3n) is 2.24. The molecular formula is C11H14N2O4. The Labute approximate surface area is 98.6 Å². The number of Topliss-reactive ketones (excluding diaryl/α,β-unsaturated/α-hetero) is 1. The summed E-state index contributed by atoms with van der Waals surface area (Å²) in [5.41, 5.74) is 0. The lowest BCUT2D eigenvalue weighted by Gasteiger charge is -2.12. The van der Waals surface area contributed by atoms with E-state index in [1.807, 2.05) is 0 Å². The van der Waals surface area contributed by atoms with Crippen molar-refractivity contribution in [3.63, 3.8) is 0 Å². The maximum absolute atomic E-state index is 11.4. The molecule has 0 radical (unpaired) electrons. The molecule has 0 bridgehead atoms. The van der Waals surface area contributed by atoms with Crippen LogP contribution in [0.4, 0.5) is 0 Å². The highest BCUT2D eigenvalue weighted by molar-refractivity contribution is 6.14. The topological polar surface area (TPSA) is 83.6 Å². The van der Waals surface area contributed by atoms with E-state index < -0.39 is 11.8 Å². The smallest absolute Gasteiger partial charge is 0.254 e. The molecule has 6 nitrogen and oxygen atoms in total. The molecule has 0 aromatic rings. The van der Waals surface area contributed by atoms with E-state index >= 15 is 0 Å². The summed E-state index contributed by atoms with van der Waals surface area (Å²) >= 11 is 0. The highest BCUT2D eigenvalue weighted by Gasteiger charge is 2.24. The van der Waals surface area contributed by atoms with E-state index in [4.69, 9.17) is 0 Å². The van der Waals surface area contributed by atoms with Crippen molar-refractivity contribution in [3.05, 3.63) is 12.2 Å². The Kier molecular flexibility index (Phi) is 4.56. The lowest BCUT2D eigenvalue weighted by molar-refractivity contribution is -0.140. The minimum absolute atomic E-state index is 0.147. The monoisotopic (exact) mass is 238 g/mol. The summed E-state index contributed by atoms with van der Waals surface area (Å²) in [6, 6.07) is 0. The Morgan fingerprint density at radius 2 is 1.82 bits per heavy atom. The van der Waals surface area contributed by atoms with Gasteiger partial charge in [0.1, 0.15) is 0 Å². The van der Waals surface area contributed by atoms with Gasteiger partial charge in [0, 0.05) is 32.0 Å². The normalized spacial score (nSPS) is 14.3. The molecule has 0 saturated carbocycles. The average molecular weight is 238 g/mol. The molecule has 92 valence electrons. The second kappa shape index (κ2) is 5.93. The van der Waals surface area contributed by atoms with E-state index in [1.54, 1.807) is 0 Å². The summed E-state index contributed by atoms with van der Waals surface area (Å²) in [7, 11) is 0. The molecule has 3 amide bonds. The maximum Gasteiger partial charge on any atom is 0.254 e. The first-order valence-corrected chi connectivity index (χ1v) is 5.30. The van der Waals surface area contributed by atoms with E-state index in [1.165, 1.54) is 6.92 Å². The number of carbonyl (C=O) groups is 4. The quantitative estimate of drug-likeness (QED) is 0.494. The van der Waals surface area contributed by atoms with Gasteiger partial charge in [0.2, 0.25) is 5.91 Å². The molecule has 0 unspecified atom stereocenters. The molecule has 0 saturated heterocycles. The number of imide groups is 1. The number of hydrogen-bond acceptors (Lipinski definition) is 4. The van der Waals surface area contributed by atoms with Crippen LogP contribution in [0.5, 0.6) is 0 Å². The fourth-order valence-electron chi connectivity index (χ4n) is 1.39. The predicted octanol–water partition coefficient (Wildman–Crippen LogP) is -0.603. The van der Waals surface area contributed by atoms with Crippen molar-refractivity contribution in [1.29, 1.82) is 0 Å². The second-order valence-corrected chi connectivity index (χ2v) is 3.72. The summed E-state index contributed by atoms with van der Waals surface area (Å²) in [6.07, 6.45) is 3.03. The third-order valence-corrected chi connectivity index (χ3v) is 2.24. The molecule has 1 N–H and O–H groups in total. The first kappa shape index (κ1) is 13.1. The first-order valence-electron chi connectivity index (χ1n) is 5.30. The summed E-state index contributed by atoms with van der Waals surface area (Å²) in [4.78, 5) is 45.2. The Morgan fingerprint density at radius 3 is 2.35 bits per heavy atom. The van der Waals surface area contributed by atoms with Crippen molar-refractivity contribution in [2.75, 3.05) is 13.1 Å². The van der Waals surface area contributed by atoms with Gasteiger partial charge in [-0.2, -0.15) is 0 Å². The van der Waals surface area contributed by atoms with E-state index in [0.29, 0.717) is 13.0 Å². The molecule has 1 aliphatic heterocycles. The lowest BCUT2D eigenvalue weighted by atomic mass is 10.2. The van der Waals surface area contributed by atoms with Gasteiger partial charge in [0.05, 0.1) is 6.54 Å². The molecule has 0 aromatic heterocycles. The zero-order chi connectivity index (χ0) is 12.8. The Bertz CT molecular complexity index is 369. The van der Waals surface area contributed by atoms with Crippen LogP contribution in [-0.2, 0) is 19.2 Å². The second-order valence-electron chi connectivity index (χ2n) is 3.72. The van der Waals surface area contributed by atoms with Gasteiger partial charge in [-0.15, -0.1) is 0 Å².